The molecule has 128 valence electrons. The first kappa shape index (κ1) is 16.7. The lowest BCUT2D eigenvalue weighted by Crippen LogP contribution is -2.67. The van der Waals surface area contributed by atoms with E-state index in [9.17, 15) is 4.79 Å². The summed E-state index contributed by atoms with van der Waals surface area (Å²) in [6.07, 6.45) is 1.33. The number of rotatable bonds is 3. The third kappa shape index (κ3) is 3.11. The summed E-state index contributed by atoms with van der Waals surface area (Å²) in [5, 5.41) is 9.09. The number of aromatic nitrogens is 1. The second kappa shape index (κ2) is 5.74. The molecule has 2 amide bonds. The van der Waals surface area contributed by atoms with E-state index in [2.05, 4.69) is 55.6 Å². The number of ether oxygens (including phenoxy) is 1. The van der Waals surface area contributed by atoms with Crippen molar-refractivity contribution in [1.82, 2.24) is 15.6 Å². The first-order valence-corrected chi connectivity index (χ1v) is 9.18. The molecule has 0 spiro atoms. The molecule has 2 N–H and O–H groups in total. The van der Waals surface area contributed by atoms with Gasteiger partial charge in [0.15, 0.2) is 0 Å². The van der Waals surface area contributed by atoms with E-state index in [1.807, 2.05) is 0 Å². The summed E-state index contributed by atoms with van der Waals surface area (Å²) in [5.41, 5.74) is 1.13. The zero-order valence-electron chi connectivity index (χ0n) is 14.6. The van der Waals surface area contributed by atoms with Crippen LogP contribution in [0.5, 0.6) is 0 Å². The number of carbonyl (C=O) groups is 1. The van der Waals surface area contributed by atoms with E-state index < -0.39 is 0 Å². The second-order valence-electron chi connectivity index (χ2n) is 8.25. The third-order valence-electron chi connectivity index (χ3n) is 5.11. The molecule has 2 heterocycles. The Morgan fingerprint density at radius 2 is 2.22 bits per heavy atom. The van der Waals surface area contributed by atoms with Crippen molar-refractivity contribution in [2.45, 2.75) is 65.1 Å². The van der Waals surface area contributed by atoms with Crippen LogP contribution in [-0.4, -0.2) is 29.8 Å². The molecule has 6 heteroatoms. The Labute approximate surface area is 142 Å². The summed E-state index contributed by atoms with van der Waals surface area (Å²) in [7, 11) is 0. The van der Waals surface area contributed by atoms with Crippen LogP contribution in [0.2, 0.25) is 0 Å². The lowest BCUT2D eigenvalue weighted by Gasteiger charge is -2.54. The number of urea groups is 1. The molecular formula is C17H27N3O2S. The van der Waals surface area contributed by atoms with Gasteiger partial charge in [-0.15, -0.1) is 11.3 Å². The summed E-state index contributed by atoms with van der Waals surface area (Å²) in [6.45, 7) is 12.1. The Bertz CT molecular complexity index is 591. The largest absolute Gasteiger partial charge is 0.377 e. The number of fused-ring (bicyclic) bond motifs is 1. The van der Waals surface area contributed by atoms with Crippen LogP contribution in [0.25, 0.3) is 0 Å². The lowest BCUT2D eigenvalue weighted by molar-refractivity contribution is -0.108. The molecule has 2 fully saturated rings. The van der Waals surface area contributed by atoms with Gasteiger partial charge in [0.2, 0.25) is 0 Å². The fraction of sp³-hybridized carbons (Fsp3) is 0.765. The monoisotopic (exact) mass is 337 g/mol. The molecule has 0 aromatic carbocycles. The molecular weight excluding hydrogens is 310 g/mol. The van der Waals surface area contributed by atoms with Crippen molar-refractivity contribution in [2.75, 3.05) is 6.61 Å². The molecule has 1 aliphatic carbocycles. The van der Waals surface area contributed by atoms with Gasteiger partial charge in [0.1, 0.15) is 5.01 Å². The number of nitrogens with one attached hydrogen (secondary N) is 2. The van der Waals surface area contributed by atoms with Crippen LogP contribution >= 0.6 is 11.3 Å². The number of hydrogen-bond donors (Lipinski definition) is 2. The highest BCUT2D eigenvalue weighted by molar-refractivity contribution is 7.09. The zero-order chi connectivity index (χ0) is 16.8. The van der Waals surface area contributed by atoms with Gasteiger partial charge in [0.05, 0.1) is 18.3 Å². The van der Waals surface area contributed by atoms with Crippen molar-refractivity contribution >= 4 is 17.4 Å². The van der Waals surface area contributed by atoms with Crippen molar-refractivity contribution < 1.29 is 9.53 Å². The van der Waals surface area contributed by atoms with Gasteiger partial charge < -0.3 is 15.4 Å². The van der Waals surface area contributed by atoms with Crippen molar-refractivity contribution in [3.8, 4) is 0 Å². The Hall–Kier alpha value is -1.14. The maximum absolute atomic E-state index is 12.2. The molecule has 23 heavy (non-hydrogen) atoms. The standard InChI is InChI=1S/C17H27N3O2S/c1-16(2,3)11-9-23-12(19-11)8-18-15(21)20-13-10-6-7-22-14(10)17(13,4)5/h9-10,13-14H,6-8H2,1-5H3,(H2,18,20,21). The van der Waals surface area contributed by atoms with Gasteiger partial charge in [0.25, 0.3) is 0 Å². The zero-order valence-corrected chi connectivity index (χ0v) is 15.4. The molecule has 1 saturated heterocycles. The van der Waals surface area contributed by atoms with E-state index in [1.165, 1.54) is 0 Å². The van der Waals surface area contributed by atoms with Crippen molar-refractivity contribution in [1.29, 1.82) is 0 Å². The summed E-state index contributed by atoms with van der Waals surface area (Å²) in [4.78, 5) is 16.8. The van der Waals surface area contributed by atoms with Gasteiger partial charge in [-0.05, 0) is 6.42 Å². The highest BCUT2D eigenvalue weighted by Gasteiger charge is 2.59. The SMILES string of the molecule is CC(C)(C)c1csc(CNC(=O)NC2C3CCOC3C2(C)C)n1. The molecule has 5 nitrogen and oxygen atoms in total. The predicted molar refractivity (Wildman–Crippen MR) is 91.6 cm³/mol. The highest BCUT2D eigenvalue weighted by atomic mass is 32.1. The molecule has 3 rings (SSSR count). The second-order valence-corrected chi connectivity index (χ2v) is 9.19. The van der Waals surface area contributed by atoms with Crippen LogP contribution in [0.3, 0.4) is 0 Å². The predicted octanol–water partition coefficient (Wildman–Crippen LogP) is 3.05. The molecule has 1 aliphatic heterocycles. The maximum Gasteiger partial charge on any atom is 0.315 e. The van der Waals surface area contributed by atoms with E-state index in [-0.39, 0.29) is 22.9 Å². The molecule has 1 aromatic rings. The average Bonchev–Trinajstić information content (AvgIpc) is 3.09. The minimum atomic E-state index is -0.110. The Balaban J connectivity index is 1.51. The van der Waals surface area contributed by atoms with Crippen LogP contribution in [0.15, 0.2) is 5.38 Å². The minimum Gasteiger partial charge on any atom is -0.377 e. The first-order valence-electron chi connectivity index (χ1n) is 8.30. The Morgan fingerprint density at radius 3 is 2.87 bits per heavy atom. The number of nitrogens with zero attached hydrogens (tertiary/aromatic N) is 1. The van der Waals surface area contributed by atoms with Gasteiger partial charge >= 0.3 is 6.03 Å². The molecule has 2 aliphatic rings. The van der Waals surface area contributed by atoms with Crippen LogP contribution in [-0.2, 0) is 16.7 Å². The molecule has 3 unspecified atom stereocenters. The smallest absolute Gasteiger partial charge is 0.315 e. The minimum absolute atomic E-state index is 0.0130. The molecule has 3 atom stereocenters. The van der Waals surface area contributed by atoms with Crippen LogP contribution in [0.1, 0.15) is 51.7 Å². The normalized spacial score (nSPS) is 28.8. The Morgan fingerprint density at radius 1 is 1.48 bits per heavy atom. The van der Waals surface area contributed by atoms with Crippen molar-refractivity contribution in [2.24, 2.45) is 11.3 Å². The quantitative estimate of drug-likeness (QED) is 0.891. The van der Waals surface area contributed by atoms with Crippen LogP contribution < -0.4 is 10.6 Å². The molecule has 0 radical (unpaired) electrons. The van der Waals surface area contributed by atoms with E-state index in [0.717, 1.165) is 23.7 Å². The van der Waals surface area contributed by atoms with Gasteiger partial charge in [-0.25, -0.2) is 9.78 Å². The van der Waals surface area contributed by atoms with E-state index in [1.54, 1.807) is 11.3 Å². The van der Waals surface area contributed by atoms with Gasteiger partial charge in [0, 0.05) is 34.8 Å². The van der Waals surface area contributed by atoms with Gasteiger partial charge in [-0.1, -0.05) is 34.6 Å². The average molecular weight is 337 g/mol. The first-order chi connectivity index (χ1) is 10.7. The highest BCUT2D eigenvalue weighted by Crippen LogP contribution is 2.52. The van der Waals surface area contributed by atoms with Crippen LogP contribution in [0.4, 0.5) is 4.79 Å². The summed E-state index contributed by atoms with van der Waals surface area (Å²) in [5.74, 6) is 0.461. The van der Waals surface area contributed by atoms with Crippen molar-refractivity contribution in [3.63, 3.8) is 0 Å². The van der Waals surface area contributed by atoms with E-state index in [4.69, 9.17) is 4.74 Å². The van der Waals surface area contributed by atoms with Crippen molar-refractivity contribution in [3.05, 3.63) is 16.1 Å². The maximum atomic E-state index is 12.2. The fourth-order valence-corrected chi connectivity index (χ4v) is 4.66. The summed E-state index contributed by atoms with van der Waals surface area (Å²) < 4.78 is 5.76. The molecule has 0 bridgehead atoms. The number of carbonyl (C=O) groups excluding carboxylic acids is 1. The summed E-state index contributed by atoms with van der Waals surface area (Å²) in [6, 6.07) is 0.0809. The van der Waals surface area contributed by atoms with Crippen LogP contribution in [0, 0.1) is 11.3 Å². The van der Waals surface area contributed by atoms with Gasteiger partial charge in [-0.3, -0.25) is 0 Å². The topological polar surface area (TPSA) is 63.2 Å². The molecule has 1 saturated carbocycles. The lowest BCUT2D eigenvalue weighted by atomic mass is 9.57. The fourth-order valence-electron chi connectivity index (χ4n) is 3.70. The van der Waals surface area contributed by atoms with E-state index >= 15 is 0 Å². The molecule has 1 aromatic heterocycles. The van der Waals surface area contributed by atoms with Gasteiger partial charge in [-0.2, -0.15) is 0 Å². The third-order valence-corrected chi connectivity index (χ3v) is 5.96. The number of thiazole rings is 1. The Kier molecular flexibility index (Phi) is 4.17. The number of amides is 2. The summed E-state index contributed by atoms with van der Waals surface area (Å²) >= 11 is 1.60. The number of hydrogen-bond acceptors (Lipinski definition) is 4. The van der Waals surface area contributed by atoms with E-state index in [0.29, 0.717) is 18.6 Å².